The van der Waals surface area contributed by atoms with E-state index < -0.39 is 11.5 Å². The van der Waals surface area contributed by atoms with Gasteiger partial charge in [-0.25, -0.2) is 0 Å². The van der Waals surface area contributed by atoms with E-state index >= 15 is 0 Å². The Morgan fingerprint density at radius 2 is 2.06 bits per heavy atom. The van der Waals surface area contributed by atoms with Crippen LogP contribution in [-0.2, 0) is 4.79 Å². The zero-order chi connectivity index (χ0) is 13.3. The fourth-order valence-electron chi connectivity index (χ4n) is 2.35. The van der Waals surface area contributed by atoms with E-state index in [2.05, 4.69) is 5.32 Å². The summed E-state index contributed by atoms with van der Waals surface area (Å²) < 4.78 is 10.4. The van der Waals surface area contributed by atoms with Gasteiger partial charge >= 0.3 is 5.97 Å². The zero-order valence-electron chi connectivity index (χ0n) is 10.7. The average Bonchev–Trinajstić information content (AvgIpc) is 3.14. The van der Waals surface area contributed by atoms with Crippen LogP contribution < -0.4 is 14.8 Å². The molecule has 0 saturated heterocycles. The lowest BCUT2D eigenvalue weighted by Gasteiger charge is -2.13. The normalized spacial score (nSPS) is 25.6. The van der Waals surface area contributed by atoms with Crippen LogP contribution in [0, 0.1) is 0 Å². The van der Waals surface area contributed by atoms with Crippen molar-refractivity contribution in [3.8, 4) is 11.5 Å². The first kappa shape index (κ1) is 12.7. The van der Waals surface area contributed by atoms with Gasteiger partial charge in [-0.3, -0.25) is 4.79 Å². The van der Waals surface area contributed by atoms with Crippen molar-refractivity contribution in [1.29, 1.82) is 0 Å². The average molecular weight is 251 g/mol. The Bertz CT molecular complexity index is 474. The molecular formula is C13H17NO4. The summed E-state index contributed by atoms with van der Waals surface area (Å²) in [5.41, 5.74) is 0.115. The maximum atomic E-state index is 11.3. The van der Waals surface area contributed by atoms with Gasteiger partial charge in [0, 0.05) is 5.92 Å². The summed E-state index contributed by atoms with van der Waals surface area (Å²) in [6, 6.07) is 5.52. The van der Waals surface area contributed by atoms with Gasteiger partial charge in [0.1, 0.15) is 5.54 Å². The van der Waals surface area contributed by atoms with Gasteiger partial charge in [-0.2, -0.15) is 0 Å². The molecule has 1 saturated carbocycles. The van der Waals surface area contributed by atoms with Crippen LogP contribution in [0.4, 0.5) is 0 Å². The first-order valence-corrected chi connectivity index (χ1v) is 5.73. The van der Waals surface area contributed by atoms with Crippen LogP contribution in [0.3, 0.4) is 0 Å². The first-order valence-electron chi connectivity index (χ1n) is 5.73. The van der Waals surface area contributed by atoms with Crippen LogP contribution in [0.25, 0.3) is 0 Å². The highest BCUT2D eigenvalue weighted by Crippen LogP contribution is 2.52. The smallest absolute Gasteiger partial charge is 0.324 e. The topological polar surface area (TPSA) is 67.8 Å². The lowest BCUT2D eigenvalue weighted by Crippen LogP contribution is -2.38. The molecule has 5 nitrogen and oxygen atoms in total. The van der Waals surface area contributed by atoms with Crippen LogP contribution >= 0.6 is 0 Å². The predicted molar refractivity (Wildman–Crippen MR) is 66.3 cm³/mol. The molecular weight excluding hydrogens is 234 g/mol. The summed E-state index contributed by atoms with van der Waals surface area (Å²) in [6.45, 7) is 0. The van der Waals surface area contributed by atoms with E-state index in [9.17, 15) is 9.90 Å². The summed E-state index contributed by atoms with van der Waals surface area (Å²) in [4.78, 5) is 11.3. The molecule has 98 valence electrons. The summed E-state index contributed by atoms with van der Waals surface area (Å²) >= 11 is 0. The predicted octanol–water partition coefficient (Wildman–Crippen LogP) is 1.23. The van der Waals surface area contributed by atoms with Crippen molar-refractivity contribution in [3.63, 3.8) is 0 Å². The van der Waals surface area contributed by atoms with E-state index in [-0.39, 0.29) is 5.92 Å². The second-order valence-corrected chi connectivity index (χ2v) is 4.40. The number of carbonyl (C=O) groups is 1. The lowest BCUT2D eigenvalue weighted by molar-refractivity contribution is -0.140. The van der Waals surface area contributed by atoms with E-state index in [1.807, 2.05) is 12.1 Å². The molecule has 1 fully saturated rings. The molecule has 0 bridgehead atoms. The Hall–Kier alpha value is -1.75. The van der Waals surface area contributed by atoms with Crippen LogP contribution in [-0.4, -0.2) is 37.9 Å². The minimum absolute atomic E-state index is 0.0280. The summed E-state index contributed by atoms with van der Waals surface area (Å²) in [7, 11) is 4.82. The largest absolute Gasteiger partial charge is 0.493 e. The van der Waals surface area contributed by atoms with Crippen LogP contribution in [0.5, 0.6) is 11.5 Å². The molecule has 18 heavy (non-hydrogen) atoms. The molecule has 0 amide bonds. The molecule has 1 aliphatic rings. The van der Waals surface area contributed by atoms with E-state index in [0.717, 1.165) is 5.56 Å². The fourth-order valence-corrected chi connectivity index (χ4v) is 2.35. The highest BCUT2D eigenvalue weighted by atomic mass is 16.5. The van der Waals surface area contributed by atoms with Crippen molar-refractivity contribution in [2.24, 2.45) is 0 Å². The Morgan fingerprint density at radius 3 is 2.50 bits per heavy atom. The number of hydrogen-bond donors (Lipinski definition) is 2. The number of ether oxygens (including phenoxy) is 2. The number of rotatable bonds is 5. The van der Waals surface area contributed by atoms with Crippen molar-refractivity contribution >= 4 is 5.97 Å². The summed E-state index contributed by atoms with van der Waals surface area (Å²) in [6.07, 6.45) is 0.592. The Labute approximate surface area is 106 Å². The SMILES string of the molecule is CNC1(C(=O)O)CC1c1ccc(OC)c(OC)c1. The van der Waals surface area contributed by atoms with E-state index in [0.29, 0.717) is 17.9 Å². The van der Waals surface area contributed by atoms with Gasteiger partial charge < -0.3 is 19.9 Å². The second kappa shape index (κ2) is 4.49. The fraction of sp³-hybridized carbons (Fsp3) is 0.462. The molecule has 2 atom stereocenters. The third kappa shape index (κ3) is 1.80. The van der Waals surface area contributed by atoms with E-state index in [1.54, 1.807) is 27.3 Å². The summed E-state index contributed by atoms with van der Waals surface area (Å²) in [5, 5.41) is 12.1. The Balaban J connectivity index is 2.29. The van der Waals surface area contributed by atoms with Crippen LogP contribution in [0.15, 0.2) is 18.2 Å². The number of benzene rings is 1. The van der Waals surface area contributed by atoms with Crippen molar-refractivity contribution in [2.45, 2.75) is 17.9 Å². The molecule has 0 radical (unpaired) electrons. The Kier molecular flexibility index (Phi) is 3.17. The lowest BCUT2D eigenvalue weighted by atomic mass is 10.1. The molecule has 2 unspecified atom stereocenters. The number of methoxy groups -OCH3 is 2. The number of carboxylic acid groups (broad SMARTS) is 1. The third-order valence-electron chi connectivity index (χ3n) is 3.60. The van der Waals surface area contributed by atoms with E-state index in [4.69, 9.17) is 9.47 Å². The van der Waals surface area contributed by atoms with Gasteiger partial charge in [0.25, 0.3) is 0 Å². The molecule has 1 aliphatic carbocycles. The number of carboxylic acids is 1. The van der Waals surface area contributed by atoms with Gasteiger partial charge in [-0.05, 0) is 31.2 Å². The standard InChI is InChI=1S/C13H17NO4/c1-14-13(12(15)16)7-9(13)8-4-5-10(17-2)11(6-8)18-3/h4-6,9,14H,7H2,1-3H3,(H,15,16). The second-order valence-electron chi connectivity index (χ2n) is 4.40. The van der Waals surface area contributed by atoms with Crippen LogP contribution in [0.2, 0.25) is 0 Å². The minimum atomic E-state index is -0.834. The summed E-state index contributed by atoms with van der Waals surface area (Å²) in [5.74, 6) is 0.425. The van der Waals surface area contributed by atoms with Gasteiger partial charge in [0.05, 0.1) is 14.2 Å². The molecule has 0 aromatic heterocycles. The monoisotopic (exact) mass is 251 g/mol. The third-order valence-corrected chi connectivity index (χ3v) is 3.60. The van der Waals surface area contributed by atoms with Crippen molar-refractivity contribution < 1.29 is 19.4 Å². The van der Waals surface area contributed by atoms with Crippen molar-refractivity contribution in [1.82, 2.24) is 5.32 Å². The van der Waals surface area contributed by atoms with Crippen LogP contribution in [0.1, 0.15) is 17.9 Å². The number of hydrogen-bond acceptors (Lipinski definition) is 4. The maximum absolute atomic E-state index is 11.3. The molecule has 0 heterocycles. The first-order chi connectivity index (χ1) is 8.58. The van der Waals surface area contributed by atoms with Crippen molar-refractivity contribution in [3.05, 3.63) is 23.8 Å². The van der Waals surface area contributed by atoms with Gasteiger partial charge in [-0.15, -0.1) is 0 Å². The molecule has 5 heteroatoms. The van der Waals surface area contributed by atoms with Gasteiger partial charge in [-0.1, -0.05) is 6.07 Å². The van der Waals surface area contributed by atoms with Crippen molar-refractivity contribution in [2.75, 3.05) is 21.3 Å². The number of nitrogens with one attached hydrogen (secondary N) is 1. The molecule has 2 N–H and O–H groups in total. The Morgan fingerprint density at radius 1 is 1.39 bits per heavy atom. The van der Waals surface area contributed by atoms with Gasteiger partial charge in [0.2, 0.25) is 0 Å². The minimum Gasteiger partial charge on any atom is -0.493 e. The maximum Gasteiger partial charge on any atom is 0.324 e. The molecule has 1 aromatic carbocycles. The highest BCUT2D eigenvalue weighted by molar-refractivity contribution is 5.85. The molecule has 2 rings (SSSR count). The zero-order valence-corrected chi connectivity index (χ0v) is 10.7. The van der Waals surface area contributed by atoms with Gasteiger partial charge in [0.15, 0.2) is 11.5 Å². The number of likely N-dealkylation sites (N-methyl/N-ethyl adjacent to an activating group) is 1. The molecule has 0 aliphatic heterocycles. The molecule has 0 spiro atoms. The molecule has 1 aromatic rings. The highest BCUT2D eigenvalue weighted by Gasteiger charge is 2.60. The van der Waals surface area contributed by atoms with E-state index in [1.165, 1.54) is 0 Å². The number of aliphatic carboxylic acids is 1. The quantitative estimate of drug-likeness (QED) is 0.824.